The monoisotopic (exact) mass is 701 g/mol. The van der Waals surface area contributed by atoms with Gasteiger partial charge in [0.2, 0.25) is 0 Å². The maximum Gasteiger partial charge on any atom is 0.152 e. The summed E-state index contributed by atoms with van der Waals surface area (Å²) >= 11 is 0. The second-order valence-electron chi connectivity index (χ2n) is 21.0. The molecule has 49 heavy (non-hydrogen) atoms. The molecule has 6 heteroatoms. The van der Waals surface area contributed by atoms with E-state index in [4.69, 9.17) is 0 Å². The lowest BCUT2D eigenvalue weighted by molar-refractivity contribution is -0.223. The van der Waals surface area contributed by atoms with Crippen molar-refractivity contribution in [1.29, 1.82) is 0 Å². The van der Waals surface area contributed by atoms with Gasteiger partial charge in [0.05, 0.1) is 18.2 Å². The molecular weight excluding hydrogens is 628 g/mol. The first kappa shape index (κ1) is 36.9. The molecule has 1 unspecified atom stereocenters. The van der Waals surface area contributed by atoms with Crippen LogP contribution in [0.15, 0.2) is 11.6 Å². The van der Waals surface area contributed by atoms with E-state index in [1.54, 1.807) is 5.57 Å². The van der Waals surface area contributed by atoms with E-state index in [2.05, 4.69) is 71.7 Å². The molecule has 0 amide bonds. The SMILES string of the molecule is CC(C)C1CC[C@]2(NCCN3CCS(=O)(=O)CC3)CC[C@]3(C)[C@H](CC[C@@H]4[C@@]5(C)CC=C(C6CCC(C)(CF)CC6)C(C)(C)[C@@H]5CC[C@]43C)[C@@H]12. The van der Waals surface area contributed by atoms with Crippen molar-refractivity contribution >= 4 is 9.84 Å². The third-order valence-electron chi connectivity index (χ3n) is 18.3. The molecule has 0 spiro atoms. The summed E-state index contributed by atoms with van der Waals surface area (Å²) in [4.78, 5) is 2.38. The second kappa shape index (κ2) is 12.6. The van der Waals surface area contributed by atoms with Gasteiger partial charge in [0.1, 0.15) is 0 Å². The summed E-state index contributed by atoms with van der Waals surface area (Å²) in [6.45, 7) is 23.9. The Balaban J connectivity index is 1.12. The number of hydrogen-bond acceptors (Lipinski definition) is 4. The van der Waals surface area contributed by atoms with Crippen LogP contribution >= 0.6 is 0 Å². The molecule has 5 saturated carbocycles. The number of halogens is 1. The van der Waals surface area contributed by atoms with Gasteiger partial charge < -0.3 is 10.2 Å². The topological polar surface area (TPSA) is 49.4 Å². The van der Waals surface area contributed by atoms with Crippen LogP contribution in [0.4, 0.5) is 4.39 Å². The number of nitrogens with zero attached hydrogens (tertiary/aromatic N) is 1. The number of rotatable bonds is 7. The fraction of sp³-hybridized carbons (Fsp3) is 0.953. The van der Waals surface area contributed by atoms with Crippen LogP contribution in [0.5, 0.6) is 0 Å². The lowest BCUT2D eigenvalue weighted by Crippen LogP contribution is -2.68. The van der Waals surface area contributed by atoms with Crippen LogP contribution in [0, 0.1) is 68.5 Å². The second-order valence-corrected chi connectivity index (χ2v) is 23.3. The zero-order valence-corrected chi connectivity index (χ0v) is 33.6. The van der Waals surface area contributed by atoms with Crippen molar-refractivity contribution < 1.29 is 12.8 Å². The highest BCUT2D eigenvalue weighted by atomic mass is 32.2. The number of hydrogen-bond donors (Lipinski definition) is 1. The Hall–Kier alpha value is -0.460. The molecule has 0 aromatic heterocycles. The molecule has 1 heterocycles. The summed E-state index contributed by atoms with van der Waals surface area (Å²) in [5.41, 5.74) is 3.19. The molecule has 6 fully saturated rings. The minimum atomic E-state index is -2.84. The fourth-order valence-electron chi connectivity index (χ4n) is 15.2. The normalized spacial score (nSPS) is 49.4. The van der Waals surface area contributed by atoms with Crippen molar-refractivity contribution in [3.05, 3.63) is 11.6 Å². The standard InChI is InChI=1S/C43H73FN2O2S/c1-30(2)32-13-20-43(45-23-24-46-25-27-49(47,48)28-26-46)22-21-41(7)34(37(32)43)9-10-36-40(6)18-14-33(31-11-16-39(5,29-44)17-12-31)38(3,4)35(40)15-19-42(36,41)8/h14,30-32,34-37,45H,9-13,15-29H2,1-8H3/t31?,32?,34-,35+,36-,37-,39?,40+,41-,42-,43+/m1/s1. The average molecular weight is 701 g/mol. The van der Waals surface area contributed by atoms with E-state index in [-0.39, 0.29) is 23.0 Å². The summed E-state index contributed by atoms with van der Waals surface area (Å²) in [7, 11) is -2.84. The van der Waals surface area contributed by atoms with E-state index < -0.39 is 9.84 Å². The number of fused-ring (bicyclic) bond motifs is 7. The van der Waals surface area contributed by atoms with Gasteiger partial charge in [-0.05, 0) is 152 Å². The van der Waals surface area contributed by atoms with Gasteiger partial charge in [-0.25, -0.2) is 8.42 Å². The number of nitrogens with one attached hydrogen (secondary N) is 1. The van der Waals surface area contributed by atoms with Crippen molar-refractivity contribution in [2.45, 2.75) is 144 Å². The van der Waals surface area contributed by atoms with Crippen LogP contribution < -0.4 is 5.32 Å². The zero-order chi connectivity index (χ0) is 35.3. The first-order valence-corrected chi connectivity index (χ1v) is 22.7. The van der Waals surface area contributed by atoms with E-state index in [9.17, 15) is 12.8 Å². The lowest BCUT2D eigenvalue weighted by Gasteiger charge is -2.72. The zero-order valence-electron chi connectivity index (χ0n) is 32.8. The van der Waals surface area contributed by atoms with Crippen molar-refractivity contribution in [2.75, 3.05) is 44.4 Å². The first-order chi connectivity index (χ1) is 22.9. The van der Waals surface area contributed by atoms with Crippen molar-refractivity contribution in [3.8, 4) is 0 Å². The molecule has 0 bridgehead atoms. The summed E-state index contributed by atoms with van der Waals surface area (Å²) in [6.07, 6.45) is 19.3. The van der Waals surface area contributed by atoms with E-state index in [1.165, 1.54) is 70.6 Å². The molecular formula is C43H73FN2O2S. The minimum Gasteiger partial charge on any atom is -0.310 e. The molecule has 4 nitrogen and oxygen atoms in total. The van der Waals surface area contributed by atoms with Crippen LogP contribution in [0.1, 0.15) is 139 Å². The molecule has 6 aliphatic carbocycles. The molecule has 280 valence electrons. The third-order valence-corrected chi connectivity index (χ3v) is 19.9. The Morgan fingerprint density at radius 1 is 0.837 bits per heavy atom. The van der Waals surface area contributed by atoms with Gasteiger partial charge in [-0.1, -0.05) is 67.0 Å². The Morgan fingerprint density at radius 2 is 1.53 bits per heavy atom. The Bertz CT molecular complexity index is 1370. The minimum absolute atomic E-state index is 0.0924. The maximum absolute atomic E-state index is 13.9. The van der Waals surface area contributed by atoms with Crippen molar-refractivity contribution in [2.24, 2.45) is 68.5 Å². The van der Waals surface area contributed by atoms with E-state index >= 15 is 0 Å². The van der Waals surface area contributed by atoms with Crippen molar-refractivity contribution in [1.82, 2.24) is 10.2 Å². The van der Waals surface area contributed by atoms with E-state index in [0.717, 1.165) is 55.5 Å². The van der Waals surface area contributed by atoms with Crippen LogP contribution in [-0.2, 0) is 9.84 Å². The predicted octanol–water partition coefficient (Wildman–Crippen LogP) is 9.50. The van der Waals surface area contributed by atoms with E-state index in [1.807, 2.05) is 0 Å². The molecule has 7 aliphatic rings. The summed E-state index contributed by atoms with van der Waals surface area (Å²) < 4.78 is 37.9. The molecule has 1 saturated heterocycles. The highest BCUT2D eigenvalue weighted by Gasteiger charge is 2.70. The molecule has 1 N–H and O–H groups in total. The number of alkyl halides is 1. The average Bonchev–Trinajstić information content (AvgIpc) is 3.43. The smallest absolute Gasteiger partial charge is 0.152 e. The Labute approximate surface area is 300 Å². The van der Waals surface area contributed by atoms with Gasteiger partial charge in [-0.3, -0.25) is 4.39 Å². The Morgan fingerprint density at radius 3 is 2.18 bits per heavy atom. The maximum atomic E-state index is 13.9. The van der Waals surface area contributed by atoms with Gasteiger partial charge in [0.25, 0.3) is 0 Å². The van der Waals surface area contributed by atoms with Crippen LogP contribution in [0.3, 0.4) is 0 Å². The van der Waals surface area contributed by atoms with Crippen molar-refractivity contribution in [3.63, 3.8) is 0 Å². The predicted molar refractivity (Wildman–Crippen MR) is 202 cm³/mol. The van der Waals surface area contributed by atoms with Gasteiger partial charge in [-0.2, -0.15) is 0 Å². The molecule has 0 aromatic rings. The summed E-state index contributed by atoms with van der Waals surface area (Å²) in [5, 5.41) is 4.27. The summed E-state index contributed by atoms with van der Waals surface area (Å²) in [6, 6.07) is 0. The number of allylic oxidation sites excluding steroid dienone is 2. The van der Waals surface area contributed by atoms with Gasteiger partial charge >= 0.3 is 0 Å². The van der Waals surface area contributed by atoms with Gasteiger partial charge in [0, 0.05) is 31.7 Å². The van der Waals surface area contributed by atoms with Gasteiger partial charge in [-0.15, -0.1) is 0 Å². The largest absolute Gasteiger partial charge is 0.310 e. The third kappa shape index (κ3) is 5.79. The van der Waals surface area contributed by atoms with Crippen LogP contribution in [0.25, 0.3) is 0 Å². The van der Waals surface area contributed by atoms with Gasteiger partial charge in [0.15, 0.2) is 9.84 Å². The van der Waals surface area contributed by atoms with E-state index in [0.29, 0.717) is 52.7 Å². The Kier molecular flexibility index (Phi) is 9.45. The molecule has 0 aromatic carbocycles. The first-order valence-electron chi connectivity index (χ1n) is 20.9. The molecule has 9 atom stereocenters. The molecule has 7 rings (SSSR count). The van der Waals surface area contributed by atoms with Crippen LogP contribution in [0.2, 0.25) is 0 Å². The highest BCUT2D eigenvalue weighted by Crippen LogP contribution is 2.76. The fourth-order valence-corrected chi connectivity index (χ4v) is 16.5. The molecule has 1 aliphatic heterocycles. The van der Waals surface area contributed by atoms with Crippen LogP contribution in [-0.4, -0.2) is 63.2 Å². The number of sulfone groups is 1. The highest BCUT2D eigenvalue weighted by molar-refractivity contribution is 7.91. The molecule has 0 radical (unpaired) electrons. The quantitative estimate of drug-likeness (QED) is 0.269. The summed E-state index contributed by atoms with van der Waals surface area (Å²) in [5.74, 6) is 5.83. The lowest BCUT2D eigenvalue weighted by atomic mass is 9.32.